The lowest BCUT2D eigenvalue weighted by Gasteiger charge is -2.25. The third-order valence-electron chi connectivity index (χ3n) is 3.22. The van der Waals surface area contributed by atoms with E-state index in [0.29, 0.717) is 22.2 Å². The summed E-state index contributed by atoms with van der Waals surface area (Å²) >= 11 is 3.64. The number of nitrogens with one attached hydrogen (secondary N) is 1. The summed E-state index contributed by atoms with van der Waals surface area (Å²) in [6.45, 7) is 2.49. The van der Waals surface area contributed by atoms with E-state index in [2.05, 4.69) is 26.2 Å². The molecular formula is C12H17BrN2O2. The van der Waals surface area contributed by atoms with Gasteiger partial charge in [-0.3, -0.25) is 4.79 Å². The van der Waals surface area contributed by atoms with Crippen LogP contribution in [0.4, 0.5) is 0 Å². The highest BCUT2D eigenvalue weighted by Gasteiger charge is 2.21. The second-order valence-electron chi connectivity index (χ2n) is 4.61. The van der Waals surface area contributed by atoms with Crippen LogP contribution in [-0.4, -0.2) is 22.3 Å². The van der Waals surface area contributed by atoms with Crippen molar-refractivity contribution in [2.24, 2.45) is 5.92 Å². The average molecular weight is 301 g/mol. The zero-order valence-corrected chi connectivity index (χ0v) is 11.5. The number of halogens is 1. The summed E-state index contributed by atoms with van der Waals surface area (Å²) in [4.78, 5) is 16.3. The fourth-order valence-corrected chi connectivity index (χ4v) is 3.10. The van der Waals surface area contributed by atoms with E-state index in [9.17, 15) is 4.79 Å². The zero-order chi connectivity index (χ0) is 12.3. The zero-order valence-electron chi connectivity index (χ0n) is 9.91. The van der Waals surface area contributed by atoms with Crippen LogP contribution in [0.25, 0.3) is 0 Å². The number of amides is 1. The molecule has 1 aliphatic rings. The lowest BCUT2D eigenvalue weighted by atomic mass is 9.89. The van der Waals surface area contributed by atoms with E-state index < -0.39 is 0 Å². The van der Waals surface area contributed by atoms with Crippen molar-refractivity contribution in [3.8, 4) is 0 Å². The molecule has 1 amide bonds. The molecule has 1 aromatic rings. The minimum absolute atomic E-state index is 0.156. The van der Waals surface area contributed by atoms with Gasteiger partial charge in [0.05, 0.1) is 5.69 Å². The Bertz CT molecular complexity index is 392. The summed E-state index contributed by atoms with van der Waals surface area (Å²) in [5.41, 5.74) is 0.643. The molecule has 0 radical (unpaired) electrons. The average Bonchev–Trinajstić information content (AvgIpc) is 2.72. The van der Waals surface area contributed by atoms with Crippen LogP contribution in [0.1, 0.15) is 41.9 Å². The van der Waals surface area contributed by atoms with Gasteiger partial charge in [-0.25, -0.2) is 4.98 Å². The van der Waals surface area contributed by atoms with Crippen molar-refractivity contribution in [2.75, 3.05) is 6.54 Å². The Labute approximate surface area is 109 Å². The normalized spacial score (nSPS) is 24.6. The number of oxazole rings is 1. The molecule has 94 valence electrons. The van der Waals surface area contributed by atoms with Crippen molar-refractivity contribution < 1.29 is 9.21 Å². The number of carbonyl (C=O) groups is 1. The van der Waals surface area contributed by atoms with E-state index in [0.717, 1.165) is 13.0 Å². The van der Waals surface area contributed by atoms with Crippen molar-refractivity contribution in [1.82, 2.24) is 10.3 Å². The molecule has 4 nitrogen and oxygen atoms in total. The first-order valence-corrected chi connectivity index (χ1v) is 6.90. The molecule has 5 heteroatoms. The van der Waals surface area contributed by atoms with Crippen molar-refractivity contribution in [3.05, 3.63) is 17.8 Å². The number of alkyl halides is 1. The van der Waals surface area contributed by atoms with Crippen LogP contribution in [0.5, 0.6) is 0 Å². The molecule has 0 aromatic carbocycles. The molecule has 1 heterocycles. The van der Waals surface area contributed by atoms with Crippen LogP contribution < -0.4 is 5.32 Å². The van der Waals surface area contributed by atoms with Gasteiger partial charge in [-0.1, -0.05) is 22.4 Å². The Hall–Kier alpha value is -0.840. The highest BCUT2D eigenvalue weighted by molar-refractivity contribution is 9.09. The minimum atomic E-state index is -0.156. The second-order valence-corrected chi connectivity index (χ2v) is 5.90. The molecule has 0 bridgehead atoms. The van der Waals surface area contributed by atoms with Crippen molar-refractivity contribution in [1.29, 1.82) is 0 Å². The summed E-state index contributed by atoms with van der Waals surface area (Å²) in [7, 11) is 0. The van der Waals surface area contributed by atoms with Gasteiger partial charge in [0.2, 0.25) is 5.76 Å². The van der Waals surface area contributed by atoms with Gasteiger partial charge in [0.1, 0.15) is 0 Å². The Morgan fingerprint density at radius 2 is 2.47 bits per heavy atom. The number of hydrogen-bond acceptors (Lipinski definition) is 3. The van der Waals surface area contributed by atoms with Crippen molar-refractivity contribution in [2.45, 2.75) is 37.4 Å². The summed E-state index contributed by atoms with van der Waals surface area (Å²) < 4.78 is 5.05. The Balaban J connectivity index is 1.82. The number of nitrogens with zero attached hydrogens (tertiary/aromatic N) is 1. The largest absolute Gasteiger partial charge is 0.438 e. The van der Waals surface area contributed by atoms with E-state index in [1.165, 1.54) is 25.7 Å². The Morgan fingerprint density at radius 3 is 3.12 bits per heavy atom. The van der Waals surface area contributed by atoms with Crippen LogP contribution >= 0.6 is 15.9 Å². The molecule has 0 aliphatic heterocycles. The first-order chi connectivity index (χ1) is 8.16. The molecular weight excluding hydrogens is 284 g/mol. The molecule has 0 saturated heterocycles. The summed E-state index contributed by atoms with van der Waals surface area (Å²) in [5, 5.41) is 2.92. The second kappa shape index (κ2) is 5.67. The van der Waals surface area contributed by atoms with Crippen LogP contribution in [0.3, 0.4) is 0 Å². The highest BCUT2D eigenvalue weighted by atomic mass is 79.9. The van der Waals surface area contributed by atoms with E-state index in [4.69, 9.17) is 4.42 Å². The quantitative estimate of drug-likeness (QED) is 0.873. The topological polar surface area (TPSA) is 55.1 Å². The monoisotopic (exact) mass is 300 g/mol. The van der Waals surface area contributed by atoms with Gasteiger partial charge >= 0.3 is 0 Å². The fraction of sp³-hybridized carbons (Fsp3) is 0.667. The summed E-state index contributed by atoms with van der Waals surface area (Å²) in [5.74, 6) is 0.744. The van der Waals surface area contributed by atoms with Crippen LogP contribution in [-0.2, 0) is 0 Å². The first-order valence-electron chi connectivity index (χ1n) is 5.99. The lowest BCUT2D eigenvalue weighted by molar-refractivity contribution is 0.0915. The molecule has 1 saturated carbocycles. The highest BCUT2D eigenvalue weighted by Crippen LogP contribution is 2.28. The summed E-state index contributed by atoms with van der Waals surface area (Å²) in [6, 6.07) is 0. The van der Waals surface area contributed by atoms with Crippen LogP contribution in [0.2, 0.25) is 0 Å². The molecule has 1 aromatic heterocycles. The maximum absolute atomic E-state index is 11.8. The molecule has 2 unspecified atom stereocenters. The molecule has 2 atom stereocenters. The SMILES string of the molecule is Cc1ncoc1C(=O)NCC1CCCC(Br)C1. The van der Waals surface area contributed by atoms with Gasteiger partial charge in [0.25, 0.3) is 5.91 Å². The van der Waals surface area contributed by atoms with Gasteiger partial charge < -0.3 is 9.73 Å². The molecule has 17 heavy (non-hydrogen) atoms. The summed E-state index contributed by atoms with van der Waals surface area (Å²) in [6.07, 6.45) is 6.11. The predicted molar refractivity (Wildman–Crippen MR) is 68.2 cm³/mol. The molecule has 1 aliphatic carbocycles. The third-order valence-corrected chi connectivity index (χ3v) is 4.05. The predicted octanol–water partition coefficient (Wildman–Crippen LogP) is 2.67. The van der Waals surface area contributed by atoms with Crippen LogP contribution in [0.15, 0.2) is 10.8 Å². The van der Waals surface area contributed by atoms with E-state index >= 15 is 0 Å². The number of carbonyl (C=O) groups excluding carboxylic acids is 1. The molecule has 2 rings (SSSR count). The Kier molecular flexibility index (Phi) is 4.20. The van der Waals surface area contributed by atoms with E-state index in [1.54, 1.807) is 6.92 Å². The number of aromatic nitrogens is 1. The van der Waals surface area contributed by atoms with Gasteiger partial charge in [-0.2, -0.15) is 0 Å². The lowest BCUT2D eigenvalue weighted by Crippen LogP contribution is -2.32. The van der Waals surface area contributed by atoms with Gasteiger partial charge in [0.15, 0.2) is 6.39 Å². The first kappa shape index (κ1) is 12.6. The standard InChI is InChI=1S/C12H17BrN2O2/c1-8-11(17-7-15-8)12(16)14-6-9-3-2-4-10(13)5-9/h7,9-10H,2-6H2,1H3,(H,14,16). The van der Waals surface area contributed by atoms with E-state index in [-0.39, 0.29) is 5.91 Å². The maximum atomic E-state index is 11.8. The van der Waals surface area contributed by atoms with Gasteiger partial charge in [-0.15, -0.1) is 0 Å². The van der Waals surface area contributed by atoms with Gasteiger partial charge in [-0.05, 0) is 32.1 Å². The fourth-order valence-electron chi connectivity index (χ4n) is 2.25. The smallest absolute Gasteiger partial charge is 0.289 e. The van der Waals surface area contributed by atoms with Crippen molar-refractivity contribution in [3.63, 3.8) is 0 Å². The van der Waals surface area contributed by atoms with Crippen molar-refractivity contribution >= 4 is 21.8 Å². The maximum Gasteiger partial charge on any atom is 0.289 e. The number of hydrogen-bond donors (Lipinski definition) is 1. The molecule has 1 N–H and O–H groups in total. The van der Waals surface area contributed by atoms with Gasteiger partial charge in [0, 0.05) is 11.4 Å². The van der Waals surface area contributed by atoms with E-state index in [1.807, 2.05) is 0 Å². The number of rotatable bonds is 3. The third kappa shape index (κ3) is 3.31. The molecule has 1 fully saturated rings. The van der Waals surface area contributed by atoms with Crippen LogP contribution in [0, 0.1) is 12.8 Å². The number of aryl methyl sites for hydroxylation is 1. The minimum Gasteiger partial charge on any atom is -0.438 e. The Morgan fingerprint density at radius 1 is 1.65 bits per heavy atom. The molecule has 0 spiro atoms.